The maximum absolute atomic E-state index is 12.1. The standard InChI is InChI=1S/C15H20N2O4/c1-11-10-17(7-8-21-11)14(18)9-16-13-5-3-12(4-6-13)15(19)20-2/h3-6,11,16H,7-10H2,1-2H3/t11-/m0/s1. The zero-order valence-electron chi connectivity index (χ0n) is 12.3. The molecule has 1 N–H and O–H groups in total. The van der Waals surface area contributed by atoms with Crippen molar-refractivity contribution in [1.82, 2.24) is 4.90 Å². The molecule has 1 aliphatic heterocycles. The van der Waals surface area contributed by atoms with Crippen LogP contribution in [-0.2, 0) is 14.3 Å². The van der Waals surface area contributed by atoms with Crippen molar-refractivity contribution in [1.29, 1.82) is 0 Å². The summed E-state index contributed by atoms with van der Waals surface area (Å²) in [6, 6.07) is 6.83. The Hall–Kier alpha value is -2.08. The molecular weight excluding hydrogens is 272 g/mol. The highest BCUT2D eigenvalue weighted by atomic mass is 16.5. The van der Waals surface area contributed by atoms with E-state index < -0.39 is 0 Å². The van der Waals surface area contributed by atoms with Crippen molar-refractivity contribution in [3.8, 4) is 0 Å². The quantitative estimate of drug-likeness (QED) is 0.843. The number of nitrogens with one attached hydrogen (secondary N) is 1. The molecule has 1 heterocycles. The van der Waals surface area contributed by atoms with E-state index in [1.807, 2.05) is 6.92 Å². The number of hydrogen-bond acceptors (Lipinski definition) is 5. The number of carbonyl (C=O) groups is 2. The zero-order chi connectivity index (χ0) is 15.2. The largest absolute Gasteiger partial charge is 0.465 e. The molecule has 0 saturated carbocycles. The van der Waals surface area contributed by atoms with Gasteiger partial charge in [0.2, 0.25) is 5.91 Å². The molecule has 0 spiro atoms. The SMILES string of the molecule is COC(=O)c1ccc(NCC(=O)N2CCO[C@@H](C)C2)cc1. The fraction of sp³-hybridized carbons (Fsp3) is 0.467. The van der Waals surface area contributed by atoms with E-state index in [0.29, 0.717) is 25.3 Å². The summed E-state index contributed by atoms with van der Waals surface area (Å²) in [7, 11) is 1.34. The van der Waals surface area contributed by atoms with Crippen LogP contribution in [0.4, 0.5) is 5.69 Å². The third kappa shape index (κ3) is 4.19. The summed E-state index contributed by atoms with van der Waals surface area (Å²) in [6.07, 6.45) is 0.0852. The van der Waals surface area contributed by atoms with Crippen LogP contribution < -0.4 is 5.32 Å². The van der Waals surface area contributed by atoms with E-state index in [1.165, 1.54) is 7.11 Å². The van der Waals surface area contributed by atoms with Gasteiger partial charge in [-0.25, -0.2) is 4.79 Å². The Morgan fingerprint density at radius 1 is 1.38 bits per heavy atom. The van der Waals surface area contributed by atoms with E-state index in [9.17, 15) is 9.59 Å². The maximum atomic E-state index is 12.1. The highest BCUT2D eigenvalue weighted by Gasteiger charge is 2.20. The van der Waals surface area contributed by atoms with Gasteiger partial charge in [-0.2, -0.15) is 0 Å². The van der Waals surface area contributed by atoms with Gasteiger partial charge in [-0.05, 0) is 31.2 Å². The second-order valence-corrected chi connectivity index (χ2v) is 4.94. The fourth-order valence-electron chi connectivity index (χ4n) is 2.18. The third-order valence-corrected chi connectivity index (χ3v) is 3.34. The Labute approximate surface area is 124 Å². The summed E-state index contributed by atoms with van der Waals surface area (Å²) in [4.78, 5) is 25.2. The van der Waals surface area contributed by atoms with Gasteiger partial charge >= 0.3 is 5.97 Å². The fourth-order valence-corrected chi connectivity index (χ4v) is 2.18. The molecule has 1 aliphatic rings. The summed E-state index contributed by atoms with van der Waals surface area (Å²) in [5.41, 5.74) is 1.27. The van der Waals surface area contributed by atoms with Crippen molar-refractivity contribution in [3.63, 3.8) is 0 Å². The molecule has 114 valence electrons. The number of ether oxygens (including phenoxy) is 2. The molecule has 1 aromatic carbocycles. The van der Waals surface area contributed by atoms with Crippen molar-refractivity contribution < 1.29 is 19.1 Å². The lowest BCUT2D eigenvalue weighted by atomic mass is 10.2. The van der Waals surface area contributed by atoms with Gasteiger partial charge in [-0.15, -0.1) is 0 Å². The Morgan fingerprint density at radius 2 is 2.10 bits per heavy atom. The van der Waals surface area contributed by atoms with Crippen molar-refractivity contribution in [2.24, 2.45) is 0 Å². The Morgan fingerprint density at radius 3 is 2.71 bits per heavy atom. The first-order valence-corrected chi connectivity index (χ1v) is 6.92. The Bertz CT molecular complexity index is 501. The van der Waals surface area contributed by atoms with Crippen molar-refractivity contribution in [2.75, 3.05) is 38.7 Å². The summed E-state index contributed by atoms with van der Waals surface area (Å²) >= 11 is 0. The van der Waals surface area contributed by atoms with Crippen molar-refractivity contribution in [3.05, 3.63) is 29.8 Å². The molecule has 2 rings (SSSR count). The van der Waals surface area contributed by atoms with Crippen LogP contribution in [-0.4, -0.2) is 56.2 Å². The van der Waals surface area contributed by atoms with E-state index in [-0.39, 0.29) is 24.5 Å². The number of benzene rings is 1. The number of nitrogens with zero attached hydrogens (tertiary/aromatic N) is 1. The van der Waals surface area contributed by atoms with E-state index in [1.54, 1.807) is 29.2 Å². The van der Waals surface area contributed by atoms with Gasteiger partial charge in [0.1, 0.15) is 0 Å². The number of carbonyl (C=O) groups excluding carboxylic acids is 2. The number of rotatable bonds is 4. The smallest absolute Gasteiger partial charge is 0.337 e. The average molecular weight is 292 g/mol. The van der Waals surface area contributed by atoms with Crippen LogP contribution in [0.1, 0.15) is 17.3 Å². The molecule has 1 aromatic rings. The molecule has 0 bridgehead atoms. The van der Waals surface area contributed by atoms with Crippen molar-refractivity contribution >= 4 is 17.6 Å². The maximum Gasteiger partial charge on any atom is 0.337 e. The molecule has 1 atom stereocenters. The topological polar surface area (TPSA) is 67.9 Å². The lowest BCUT2D eigenvalue weighted by Crippen LogP contribution is -2.46. The number of hydrogen-bond donors (Lipinski definition) is 1. The van der Waals surface area contributed by atoms with Crippen LogP contribution in [0.2, 0.25) is 0 Å². The van der Waals surface area contributed by atoms with Gasteiger partial charge in [-0.3, -0.25) is 4.79 Å². The van der Waals surface area contributed by atoms with E-state index in [2.05, 4.69) is 10.1 Å². The first kappa shape index (κ1) is 15.3. The van der Waals surface area contributed by atoms with Gasteiger partial charge in [0, 0.05) is 18.8 Å². The molecule has 0 aromatic heterocycles. The molecule has 21 heavy (non-hydrogen) atoms. The molecule has 6 nitrogen and oxygen atoms in total. The zero-order valence-corrected chi connectivity index (χ0v) is 12.3. The highest BCUT2D eigenvalue weighted by molar-refractivity contribution is 5.89. The third-order valence-electron chi connectivity index (χ3n) is 3.34. The number of amides is 1. The Balaban J connectivity index is 1.85. The first-order chi connectivity index (χ1) is 10.1. The summed E-state index contributed by atoms with van der Waals surface area (Å²) in [5.74, 6) is -0.331. The van der Waals surface area contributed by atoms with Gasteiger partial charge in [0.25, 0.3) is 0 Å². The molecule has 0 radical (unpaired) electrons. The molecule has 1 saturated heterocycles. The second kappa shape index (κ2) is 7.08. The minimum atomic E-state index is -0.375. The molecule has 0 aliphatic carbocycles. The molecule has 0 unspecified atom stereocenters. The van der Waals surface area contributed by atoms with E-state index in [0.717, 1.165) is 5.69 Å². The average Bonchev–Trinajstić information content (AvgIpc) is 2.52. The minimum Gasteiger partial charge on any atom is -0.465 e. The van der Waals surface area contributed by atoms with Crippen LogP contribution in [0, 0.1) is 0 Å². The van der Waals surface area contributed by atoms with E-state index >= 15 is 0 Å². The lowest BCUT2D eigenvalue weighted by Gasteiger charge is -2.31. The summed E-state index contributed by atoms with van der Waals surface area (Å²) < 4.78 is 10.0. The number of morpholine rings is 1. The molecular formula is C15H20N2O4. The Kier molecular flexibility index (Phi) is 5.16. The van der Waals surface area contributed by atoms with Gasteiger partial charge in [0.15, 0.2) is 0 Å². The highest BCUT2D eigenvalue weighted by Crippen LogP contribution is 2.11. The molecule has 1 amide bonds. The number of methoxy groups -OCH3 is 1. The monoisotopic (exact) mass is 292 g/mol. The number of anilines is 1. The van der Waals surface area contributed by atoms with Crippen molar-refractivity contribution in [2.45, 2.75) is 13.0 Å². The predicted octanol–water partition coefficient (Wildman–Crippen LogP) is 1.13. The van der Waals surface area contributed by atoms with Gasteiger partial charge in [-0.1, -0.05) is 0 Å². The molecule has 1 fully saturated rings. The lowest BCUT2D eigenvalue weighted by molar-refractivity contribution is -0.136. The minimum absolute atomic E-state index is 0.0437. The molecule has 6 heteroatoms. The van der Waals surface area contributed by atoms with Gasteiger partial charge < -0.3 is 19.7 Å². The first-order valence-electron chi connectivity index (χ1n) is 6.92. The summed E-state index contributed by atoms with van der Waals surface area (Å²) in [5, 5.41) is 3.06. The van der Waals surface area contributed by atoms with Crippen LogP contribution in [0.5, 0.6) is 0 Å². The van der Waals surface area contributed by atoms with E-state index in [4.69, 9.17) is 4.74 Å². The van der Waals surface area contributed by atoms with Crippen LogP contribution in [0.25, 0.3) is 0 Å². The van der Waals surface area contributed by atoms with Crippen LogP contribution in [0.3, 0.4) is 0 Å². The second-order valence-electron chi connectivity index (χ2n) is 4.94. The normalized spacial score (nSPS) is 18.2. The van der Waals surface area contributed by atoms with Crippen LogP contribution >= 0.6 is 0 Å². The summed E-state index contributed by atoms with van der Waals surface area (Å²) in [6.45, 7) is 4.03. The van der Waals surface area contributed by atoms with Crippen LogP contribution in [0.15, 0.2) is 24.3 Å². The number of esters is 1. The predicted molar refractivity (Wildman–Crippen MR) is 78.3 cm³/mol. The van der Waals surface area contributed by atoms with Gasteiger partial charge in [0.05, 0.1) is 31.9 Å².